The molecule has 2 aromatic rings. The average molecular weight is 510 g/mol. The van der Waals surface area contributed by atoms with Crippen molar-refractivity contribution < 1.29 is 0 Å². The number of guanidine groups is 1. The van der Waals surface area contributed by atoms with E-state index in [1.807, 2.05) is 26.2 Å². The van der Waals surface area contributed by atoms with Crippen molar-refractivity contribution in [2.75, 3.05) is 20.1 Å². The molecule has 0 aliphatic heterocycles. The Balaban J connectivity index is 0.00000338. The van der Waals surface area contributed by atoms with Gasteiger partial charge in [0.2, 0.25) is 0 Å². The molecule has 26 heavy (non-hydrogen) atoms. The minimum atomic E-state index is 0. The summed E-state index contributed by atoms with van der Waals surface area (Å²) in [5, 5.41) is 7.47. The number of hydrogen-bond donors (Lipinski definition) is 1. The summed E-state index contributed by atoms with van der Waals surface area (Å²) in [6.07, 6.45) is 5.15. The van der Waals surface area contributed by atoms with Crippen molar-refractivity contribution >= 4 is 52.9 Å². The highest BCUT2D eigenvalue weighted by Crippen LogP contribution is 2.14. The Kier molecular flexibility index (Phi) is 10.6. The fourth-order valence-corrected chi connectivity index (χ4v) is 3.69. The molecule has 2 aromatic heterocycles. The van der Waals surface area contributed by atoms with E-state index in [2.05, 4.69) is 39.1 Å². The molecule has 0 aliphatic carbocycles. The van der Waals surface area contributed by atoms with Crippen LogP contribution in [0.5, 0.6) is 0 Å². The van der Waals surface area contributed by atoms with E-state index in [1.165, 1.54) is 5.01 Å². The molecule has 0 amide bonds. The molecule has 0 aliphatic rings. The maximum atomic E-state index is 6.07. The Hall–Kier alpha value is -0.800. The Morgan fingerprint density at radius 2 is 2.19 bits per heavy atom. The molecule has 5 nitrogen and oxygen atoms in total. The Bertz CT molecular complexity index is 698. The fraction of sp³-hybridized carbons (Fsp3) is 0.556. The maximum absolute atomic E-state index is 6.07. The van der Waals surface area contributed by atoms with Gasteiger partial charge in [0.05, 0.1) is 16.6 Å². The van der Waals surface area contributed by atoms with Crippen LogP contribution in [0.3, 0.4) is 0 Å². The van der Waals surface area contributed by atoms with Gasteiger partial charge in [-0.25, -0.2) is 4.98 Å². The number of rotatable bonds is 8. The molecule has 0 aromatic carbocycles. The van der Waals surface area contributed by atoms with Gasteiger partial charge in [-0.05, 0) is 39.2 Å². The molecular weight excluding hydrogens is 481 g/mol. The quantitative estimate of drug-likeness (QED) is 0.247. The van der Waals surface area contributed by atoms with Crippen LogP contribution in [-0.4, -0.2) is 40.5 Å². The van der Waals surface area contributed by atoms with Gasteiger partial charge in [-0.1, -0.05) is 11.6 Å². The van der Waals surface area contributed by atoms with Gasteiger partial charge in [0.25, 0.3) is 0 Å². The Morgan fingerprint density at radius 3 is 2.77 bits per heavy atom. The normalized spacial score (nSPS) is 11.3. The second kappa shape index (κ2) is 11.8. The zero-order valence-electron chi connectivity index (χ0n) is 16.0. The minimum Gasteiger partial charge on any atom is -0.357 e. The zero-order valence-corrected chi connectivity index (χ0v) is 19.9. The second-order valence-electron chi connectivity index (χ2n) is 6.19. The van der Waals surface area contributed by atoms with Crippen molar-refractivity contribution in [3.63, 3.8) is 0 Å². The third-order valence-electron chi connectivity index (χ3n) is 3.90. The predicted octanol–water partition coefficient (Wildman–Crippen LogP) is 4.48. The number of nitrogens with zero attached hydrogens (tertiary/aromatic N) is 4. The van der Waals surface area contributed by atoms with Gasteiger partial charge < -0.3 is 14.8 Å². The number of thiazole rings is 1. The molecule has 0 spiro atoms. The molecule has 0 radical (unpaired) electrons. The molecule has 1 N–H and O–H groups in total. The summed E-state index contributed by atoms with van der Waals surface area (Å²) >= 11 is 7.82. The number of aliphatic imine (C=N–C) groups is 1. The van der Waals surface area contributed by atoms with Crippen LogP contribution in [0.4, 0.5) is 0 Å². The van der Waals surface area contributed by atoms with Gasteiger partial charge >= 0.3 is 0 Å². The number of nitrogens with one attached hydrogen (secondary N) is 1. The van der Waals surface area contributed by atoms with Crippen LogP contribution in [0.2, 0.25) is 5.02 Å². The summed E-state index contributed by atoms with van der Waals surface area (Å²) < 4.78 is 2.05. The molecule has 0 bridgehead atoms. The zero-order chi connectivity index (χ0) is 18.2. The van der Waals surface area contributed by atoms with Crippen molar-refractivity contribution in [2.45, 2.75) is 39.7 Å². The van der Waals surface area contributed by atoms with Crippen molar-refractivity contribution in [3.05, 3.63) is 39.1 Å². The highest BCUT2D eigenvalue weighted by molar-refractivity contribution is 14.0. The lowest BCUT2D eigenvalue weighted by Crippen LogP contribution is -2.38. The summed E-state index contributed by atoms with van der Waals surface area (Å²) in [6.45, 7) is 6.59. The molecular formula is C18H29ClIN5S. The summed E-state index contributed by atoms with van der Waals surface area (Å²) in [7, 11) is 4.07. The molecule has 146 valence electrons. The smallest absolute Gasteiger partial charge is 0.194 e. The molecule has 0 atom stereocenters. The van der Waals surface area contributed by atoms with Crippen molar-refractivity contribution in [1.29, 1.82) is 0 Å². The Labute approximate surface area is 182 Å². The molecule has 0 saturated carbocycles. The van der Waals surface area contributed by atoms with Crippen LogP contribution >= 0.6 is 46.9 Å². The van der Waals surface area contributed by atoms with Crippen molar-refractivity contribution in [1.82, 2.24) is 19.8 Å². The van der Waals surface area contributed by atoms with Crippen LogP contribution in [0.15, 0.2) is 22.6 Å². The first kappa shape index (κ1) is 23.2. The van der Waals surface area contributed by atoms with E-state index in [-0.39, 0.29) is 24.0 Å². The summed E-state index contributed by atoms with van der Waals surface area (Å²) in [4.78, 5) is 11.4. The lowest BCUT2D eigenvalue weighted by Gasteiger charge is -2.22. The van der Waals surface area contributed by atoms with Crippen LogP contribution in [0.25, 0.3) is 0 Å². The van der Waals surface area contributed by atoms with E-state index in [4.69, 9.17) is 16.6 Å². The highest BCUT2D eigenvalue weighted by Gasteiger charge is 2.09. The SMILES string of the molecule is CCNC(=NCCCCc1nc(C)cs1)N(C)Cc1cc(Cl)cn1C.I. The third kappa shape index (κ3) is 7.44. The lowest BCUT2D eigenvalue weighted by atomic mass is 10.2. The van der Waals surface area contributed by atoms with Gasteiger partial charge in [0.15, 0.2) is 5.96 Å². The van der Waals surface area contributed by atoms with Gasteiger partial charge in [0.1, 0.15) is 0 Å². The number of halogens is 2. The van der Waals surface area contributed by atoms with E-state index in [0.717, 1.165) is 61.3 Å². The van der Waals surface area contributed by atoms with Crippen LogP contribution < -0.4 is 5.32 Å². The van der Waals surface area contributed by atoms with Gasteiger partial charge in [-0.3, -0.25) is 4.99 Å². The van der Waals surface area contributed by atoms with E-state index in [9.17, 15) is 0 Å². The summed E-state index contributed by atoms with van der Waals surface area (Å²) in [5.74, 6) is 0.935. The number of aromatic nitrogens is 2. The third-order valence-corrected chi connectivity index (χ3v) is 5.13. The standard InChI is InChI=1S/C18H28ClN5S.HI/c1-5-20-18(24(4)12-16-10-15(19)11-23(16)3)21-9-7-6-8-17-22-14(2)13-25-17;/h10-11,13H,5-9,12H2,1-4H3,(H,20,21);1H. The van der Waals surface area contributed by atoms with E-state index in [1.54, 1.807) is 11.3 Å². The number of hydrogen-bond acceptors (Lipinski definition) is 3. The lowest BCUT2D eigenvalue weighted by molar-refractivity contribution is 0.461. The van der Waals surface area contributed by atoms with E-state index < -0.39 is 0 Å². The second-order valence-corrected chi connectivity index (χ2v) is 7.57. The number of aryl methyl sites for hydroxylation is 3. The molecule has 0 saturated heterocycles. The topological polar surface area (TPSA) is 45.5 Å². The first-order valence-electron chi connectivity index (χ1n) is 8.70. The minimum absolute atomic E-state index is 0. The summed E-state index contributed by atoms with van der Waals surface area (Å²) in [5.41, 5.74) is 2.28. The molecule has 2 rings (SSSR count). The monoisotopic (exact) mass is 509 g/mol. The van der Waals surface area contributed by atoms with E-state index >= 15 is 0 Å². The average Bonchev–Trinajstić information content (AvgIpc) is 3.11. The van der Waals surface area contributed by atoms with Crippen molar-refractivity contribution in [3.8, 4) is 0 Å². The first-order valence-corrected chi connectivity index (χ1v) is 9.96. The molecule has 0 unspecified atom stereocenters. The van der Waals surface area contributed by atoms with Gasteiger partial charge in [-0.15, -0.1) is 35.3 Å². The largest absolute Gasteiger partial charge is 0.357 e. The van der Waals surface area contributed by atoms with Gasteiger partial charge in [0, 0.05) is 50.1 Å². The van der Waals surface area contributed by atoms with Crippen LogP contribution in [0, 0.1) is 6.92 Å². The first-order chi connectivity index (χ1) is 12.0. The number of unbranched alkanes of at least 4 members (excludes halogenated alkanes) is 1. The fourth-order valence-electron chi connectivity index (χ4n) is 2.60. The molecule has 0 fully saturated rings. The van der Waals surface area contributed by atoms with E-state index in [0.29, 0.717) is 0 Å². The van der Waals surface area contributed by atoms with Crippen LogP contribution in [-0.2, 0) is 20.0 Å². The highest BCUT2D eigenvalue weighted by atomic mass is 127. The van der Waals surface area contributed by atoms with Crippen molar-refractivity contribution in [2.24, 2.45) is 12.0 Å². The molecule has 2 heterocycles. The van der Waals surface area contributed by atoms with Gasteiger partial charge in [-0.2, -0.15) is 0 Å². The Morgan fingerprint density at radius 1 is 1.42 bits per heavy atom. The van der Waals surface area contributed by atoms with Crippen LogP contribution in [0.1, 0.15) is 36.2 Å². The predicted molar refractivity (Wildman–Crippen MR) is 123 cm³/mol. The maximum Gasteiger partial charge on any atom is 0.194 e. The summed E-state index contributed by atoms with van der Waals surface area (Å²) in [6, 6.07) is 2.00. The molecule has 8 heteroatoms.